The van der Waals surface area contributed by atoms with E-state index in [-0.39, 0.29) is 24.0 Å². The van der Waals surface area contributed by atoms with E-state index in [9.17, 15) is 9.18 Å². The van der Waals surface area contributed by atoms with Crippen molar-refractivity contribution in [3.63, 3.8) is 0 Å². The standard InChI is InChI=1S/C15H17FN2O2/c1-10(2)18-7-6-13(17-18)9-20-15-5-4-12(16)8-14(15)11(3)19/h4-8,10H,9H2,1-3H3. The Morgan fingerprint density at radius 1 is 1.40 bits per heavy atom. The van der Waals surface area contributed by atoms with Crippen LogP contribution in [-0.2, 0) is 6.61 Å². The average Bonchev–Trinajstić information content (AvgIpc) is 2.86. The van der Waals surface area contributed by atoms with Crippen LogP contribution >= 0.6 is 0 Å². The normalized spacial score (nSPS) is 10.8. The Morgan fingerprint density at radius 3 is 2.75 bits per heavy atom. The monoisotopic (exact) mass is 276 g/mol. The van der Waals surface area contributed by atoms with Gasteiger partial charge in [-0.15, -0.1) is 0 Å². The van der Waals surface area contributed by atoms with Gasteiger partial charge >= 0.3 is 0 Å². The molecule has 20 heavy (non-hydrogen) atoms. The van der Waals surface area contributed by atoms with Crippen molar-refractivity contribution in [1.29, 1.82) is 0 Å². The van der Waals surface area contributed by atoms with Crippen molar-refractivity contribution in [3.05, 3.63) is 47.5 Å². The number of benzene rings is 1. The van der Waals surface area contributed by atoms with Gasteiger partial charge in [-0.05, 0) is 45.0 Å². The van der Waals surface area contributed by atoms with Crippen molar-refractivity contribution in [2.75, 3.05) is 0 Å². The highest BCUT2D eigenvalue weighted by Crippen LogP contribution is 2.21. The van der Waals surface area contributed by atoms with Crippen molar-refractivity contribution in [2.24, 2.45) is 0 Å². The first-order valence-electron chi connectivity index (χ1n) is 6.44. The lowest BCUT2D eigenvalue weighted by Crippen LogP contribution is -2.05. The summed E-state index contributed by atoms with van der Waals surface area (Å²) in [5.74, 6) is -0.308. The number of rotatable bonds is 5. The lowest BCUT2D eigenvalue weighted by Gasteiger charge is -2.09. The van der Waals surface area contributed by atoms with Crippen LogP contribution in [0.15, 0.2) is 30.5 Å². The maximum atomic E-state index is 13.1. The molecule has 2 rings (SSSR count). The zero-order chi connectivity index (χ0) is 14.7. The van der Waals surface area contributed by atoms with E-state index in [0.717, 1.165) is 5.69 Å². The zero-order valence-corrected chi connectivity index (χ0v) is 11.8. The summed E-state index contributed by atoms with van der Waals surface area (Å²) in [5, 5.41) is 4.35. The molecule has 0 fully saturated rings. The van der Waals surface area contributed by atoms with Gasteiger partial charge in [0.15, 0.2) is 5.78 Å². The Morgan fingerprint density at radius 2 is 2.15 bits per heavy atom. The molecule has 106 valence electrons. The largest absolute Gasteiger partial charge is 0.486 e. The van der Waals surface area contributed by atoms with Gasteiger partial charge < -0.3 is 4.74 Å². The first kappa shape index (κ1) is 14.2. The van der Waals surface area contributed by atoms with E-state index in [0.29, 0.717) is 5.75 Å². The van der Waals surface area contributed by atoms with Crippen molar-refractivity contribution in [1.82, 2.24) is 9.78 Å². The molecule has 0 aliphatic carbocycles. The van der Waals surface area contributed by atoms with Crippen LogP contribution in [0, 0.1) is 5.82 Å². The molecule has 1 aromatic heterocycles. The Labute approximate surface area is 117 Å². The molecule has 5 heteroatoms. The number of carbonyl (C=O) groups excluding carboxylic acids is 1. The Balaban J connectivity index is 2.12. The second kappa shape index (κ2) is 5.86. The number of hydrogen-bond donors (Lipinski definition) is 0. The molecule has 0 aliphatic rings. The Hall–Kier alpha value is -2.17. The molecule has 1 heterocycles. The third-order valence-electron chi connectivity index (χ3n) is 2.89. The van der Waals surface area contributed by atoms with Gasteiger partial charge in [0.25, 0.3) is 0 Å². The minimum atomic E-state index is -0.452. The molecule has 0 atom stereocenters. The van der Waals surface area contributed by atoms with Gasteiger partial charge in [0.1, 0.15) is 18.2 Å². The first-order valence-corrected chi connectivity index (χ1v) is 6.44. The van der Waals surface area contributed by atoms with Crippen LogP contribution in [-0.4, -0.2) is 15.6 Å². The van der Waals surface area contributed by atoms with Gasteiger partial charge in [-0.3, -0.25) is 9.48 Å². The molecular formula is C15H17FN2O2. The van der Waals surface area contributed by atoms with E-state index in [1.54, 1.807) is 0 Å². The van der Waals surface area contributed by atoms with E-state index < -0.39 is 5.82 Å². The molecule has 0 aliphatic heterocycles. The fourth-order valence-electron chi connectivity index (χ4n) is 1.80. The predicted molar refractivity (Wildman–Crippen MR) is 73.3 cm³/mol. The highest BCUT2D eigenvalue weighted by Gasteiger charge is 2.11. The zero-order valence-electron chi connectivity index (χ0n) is 11.8. The molecular weight excluding hydrogens is 259 g/mol. The van der Waals surface area contributed by atoms with Crippen molar-refractivity contribution in [2.45, 2.75) is 33.4 Å². The maximum Gasteiger partial charge on any atom is 0.163 e. The topological polar surface area (TPSA) is 44.1 Å². The van der Waals surface area contributed by atoms with Gasteiger partial charge in [0.05, 0.1) is 11.3 Å². The molecule has 0 spiro atoms. The van der Waals surface area contributed by atoms with Gasteiger partial charge in [0.2, 0.25) is 0 Å². The lowest BCUT2D eigenvalue weighted by atomic mass is 10.1. The average molecular weight is 276 g/mol. The summed E-state index contributed by atoms with van der Waals surface area (Å²) in [7, 11) is 0. The number of halogens is 1. The van der Waals surface area contributed by atoms with Crippen molar-refractivity contribution in [3.8, 4) is 5.75 Å². The van der Waals surface area contributed by atoms with E-state index in [2.05, 4.69) is 5.10 Å². The molecule has 0 saturated carbocycles. The number of hydrogen-bond acceptors (Lipinski definition) is 3. The van der Waals surface area contributed by atoms with E-state index in [4.69, 9.17) is 4.74 Å². The summed E-state index contributed by atoms with van der Waals surface area (Å²) in [6.07, 6.45) is 1.87. The molecule has 2 aromatic rings. The number of ether oxygens (including phenoxy) is 1. The molecule has 0 unspecified atom stereocenters. The van der Waals surface area contributed by atoms with Crippen LogP contribution < -0.4 is 4.74 Å². The second-order valence-corrected chi connectivity index (χ2v) is 4.87. The third kappa shape index (κ3) is 3.23. The van der Waals surface area contributed by atoms with Gasteiger partial charge in [0, 0.05) is 12.2 Å². The molecule has 0 radical (unpaired) electrons. The fraction of sp³-hybridized carbons (Fsp3) is 0.333. The number of Topliss-reactive ketones (excluding diaryl/α,β-unsaturated/α-hetero) is 1. The van der Waals surface area contributed by atoms with Gasteiger partial charge in [-0.2, -0.15) is 5.10 Å². The maximum absolute atomic E-state index is 13.1. The number of nitrogens with zero attached hydrogens (tertiary/aromatic N) is 2. The summed E-state index contributed by atoms with van der Waals surface area (Å²) in [6.45, 7) is 5.69. The van der Waals surface area contributed by atoms with E-state index in [1.807, 2.05) is 30.8 Å². The minimum absolute atomic E-state index is 0.229. The van der Waals surface area contributed by atoms with Crippen LogP contribution in [0.25, 0.3) is 0 Å². The minimum Gasteiger partial charge on any atom is -0.486 e. The number of aromatic nitrogens is 2. The quantitative estimate of drug-likeness (QED) is 0.786. The summed E-state index contributed by atoms with van der Waals surface area (Å²) in [6, 6.07) is 6.06. The Bertz CT molecular complexity index is 620. The summed E-state index contributed by atoms with van der Waals surface area (Å²) < 4.78 is 20.5. The molecule has 0 bridgehead atoms. The van der Waals surface area contributed by atoms with Crippen LogP contribution in [0.5, 0.6) is 5.75 Å². The molecule has 0 saturated heterocycles. The molecule has 1 aromatic carbocycles. The highest BCUT2D eigenvalue weighted by molar-refractivity contribution is 5.96. The molecule has 0 amide bonds. The SMILES string of the molecule is CC(=O)c1cc(F)ccc1OCc1ccn(C(C)C)n1. The van der Waals surface area contributed by atoms with Crippen molar-refractivity contribution < 1.29 is 13.9 Å². The van der Waals surface area contributed by atoms with Crippen LogP contribution in [0.1, 0.15) is 42.9 Å². The lowest BCUT2D eigenvalue weighted by molar-refractivity contribution is 0.101. The van der Waals surface area contributed by atoms with Crippen LogP contribution in [0.2, 0.25) is 0 Å². The first-order chi connectivity index (χ1) is 9.47. The smallest absolute Gasteiger partial charge is 0.163 e. The van der Waals surface area contributed by atoms with E-state index >= 15 is 0 Å². The van der Waals surface area contributed by atoms with Gasteiger partial charge in [-0.25, -0.2) is 4.39 Å². The predicted octanol–water partition coefficient (Wildman–Crippen LogP) is 3.38. The highest BCUT2D eigenvalue weighted by atomic mass is 19.1. The fourth-order valence-corrected chi connectivity index (χ4v) is 1.80. The summed E-state index contributed by atoms with van der Waals surface area (Å²) in [5.41, 5.74) is 1.01. The second-order valence-electron chi connectivity index (χ2n) is 4.87. The summed E-state index contributed by atoms with van der Waals surface area (Å²) >= 11 is 0. The van der Waals surface area contributed by atoms with Crippen molar-refractivity contribution >= 4 is 5.78 Å². The number of carbonyl (C=O) groups is 1. The van der Waals surface area contributed by atoms with Crippen LogP contribution in [0.3, 0.4) is 0 Å². The summed E-state index contributed by atoms with van der Waals surface area (Å²) in [4.78, 5) is 11.5. The molecule has 4 nitrogen and oxygen atoms in total. The van der Waals surface area contributed by atoms with Gasteiger partial charge in [-0.1, -0.05) is 0 Å². The Kier molecular flexibility index (Phi) is 4.17. The third-order valence-corrected chi connectivity index (χ3v) is 2.89. The van der Waals surface area contributed by atoms with Crippen LogP contribution in [0.4, 0.5) is 4.39 Å². The number of ketones is 1. The van der Waals surface area contributed by atoms with E-state index in [1.165, 1.54) is 25.1 Å². The molecule has 0 N–H and O–H groups in total.